The molecule has 1 aliphatic rings. The number of nitrogens with zero attached hydrogens (tertiary/aromatic N) is 1. The van der Waals surface area contributed by atoms with Crippen LogP contribution in [0.2, 0.25) is 0 Å². The minimum Gasteiger partial charge on any atom is -0.481 e. The summed E-state index contributed by atoms with van der Waals surface area (Å²) in [7, 11) is 0. The van der Waals surface area contributed by atoms with Gasteiger partial charge in [0.15, 0.2) is 11.6 Å². The van der Waals surface area contributed by atoms with Crippen molar-refractivity contribution in [3.05, 3.63) is 56.8 Å². The summed E-state index contributed by atoms with van der Waals surface area (Å²) in [6.45, 7) is 1.05. The fourth-order valence-corrected chi connectivity index (χ4v) is 3.87. The van der Waals surface area contributed by atoms with Crippen LogP contribution in [-0.4, -0.2) is 35.0 Å². The topological polar surface area (TPSA) is 66.8 Å². The maximum absolute atomic E-state index is 13.4. The van der Waals surface area contributed by atoms with Gasteiger partial charge in [-0.15, -0.1) is 11.3 Å². The van der Waals surface area contributed by atoms with Gasteiger partial charge in [0.2, 0.25) is 0 Å². The Kier molecular flexibility index (Phi) is 5.63. The van der Waals surface area contributed by atoms with Crippen molar-refractivity contribution in [3.8, 4) is 0 Å². The number of carboxylic acids is 1. The molecule has 0 saturated heterocycles. The lowest BCUT2D eigenvalue weighted by molar-refractivity contribution is -0.137. The molecule has 0 unspecified atom stereocenters. The van der Waals surface area contributed by atoms with Gasteiger partial charge < -0.3 is 14.7 Å². The van der Waals surface area contributed by atoms with Gasteiger partial charge in [0.05, 0.1) is 24.5 Å². The Labute approximate surface area is 152 Å². The van der Waals surface area contributed by atoms with E-state index < -0.39 is 17.6 Å². The van der Waals surface area contributed by atoms with Crippen molar-refractivity contribution in [1.82, 2.24) is 4.90 Å². The number of amides is 1. The summed E-state index contributed by atoms with van der Waals surface area (Å²) in [5.74, 6) is -3.33. The zero-order chi connectivity index (χ0) is 18.7. The Bertz CT molecular complexity index is 813. The number of thiophene rings is 1. The van der Waals surface area contributed by atoms with Gasteiger partial charge in [-0.1, -0.05) is 6.07 Å². The number of fused-ring (bicyclic) bond motifs is 1. The van der Waals surface area contributed by atoms with E-state index in [-0.39, 0.29) is 25.4 Å². The third kappa shape index (κ3) is 4.25. The molecule has 2 aromatic rings. The number of carboxylic acid groups (broad SMARTS) is 1. The van der Waals surface area contributed by atoms with Gasteiger partial charge in [0, 0.05) is 24.4 Å². The molecule has 1 aromatic carbocycles. The summed E-state index contributed by atoms with van der Waals surface area (Å²) in [6, 6.07) is 5.16. The lowest BCUT2D eigenvalue weighted by atomic mass is 10.1. The van der Waals surface area contributed by atoms with Crippen molar-refractivity contribution in [2.24, 2.45) is 0 Å². The van der Waals surface area contributed by atoms with E-state index in [1.54, 1.807) is 6.07 Å². The highest BCUT2D eigenvalue weighted by molar-refractivity contribution is 7.14. The Morgan fingerprint density at radius 2 is 2.04 bits per heavy atom. The quantitative estimate of drug-likeness (QED) is 0.834. The predicted molar refractivity (Wildman–Crippen MR) is 91.0 cm³/mol. The maximum atomic E-state index is 13.4. The lowest BCUT2D eigenvalue weighted by Crippen LogP contribution is -2.32. The first-order valence-corrected chi connectivity index (χ1v) is 8.90. The number of carbonyl (C=O) groups excluding carboxylic acids is 1. The van der Waals surface area contributed by atoms with E-state index in [1.807, 2.05) is 0 Å². The smallest absolute Gasteiger partial charge is 0.305 e. The molecule has 26 heavy (non-hydrogen) atoms. The van der Waals surface area contributed by atoms with Crippen LogP contribution < -0.4 is 0 Å². The zero-order valence-electron chi connectivity index (χ0n) is 13.8. The van der Waals surface area contributed by atoms with Crippen LogP contribution in [0, 0.1) is 11.6 Å². The van der Waals surface area contributed by atoms with Crippen LogP contribution in [0.1, 0.15) is 32.1 Å². The molecule has 8 heteroatoms. The normalized spacial score (nSPS) is 13.3. The Balaban J connectivity index is 1.82. The Morgan fingerprint density at radius 1 is 1.23 bits per heavy atom. The van der Waals surface area contributed by atoms with Crippen molar-refractivity contribution in [3.63, 3.8) is 0 Å². The molecule has 0 aliphatic carbocycles. The second kappa shape index (κ2) is 7.92. The zero-order valence-corrected chi connectivity index (χ0v) is 14.7. The van der Waals surface area contributed by atoms with Gasteiger partial charge >= 0.3 is 5.97 Å². The van der Waals surface area contributed by atoms with Crippen LogP contribution in [0.3, 0.4) is 0 Å². The average Bonchev–Trinajstić information content (AvgIpc) is 3.05. The van der Waals surface area contributed by atoms with Crippen LogP contribution in [0.4, 0.5) is 8.78 Å². The summed E-state index contributed by atoms with van der Waals surface area (Å²) >= 11 is 1.37. The third-order valence-electron chi connectivity index (χ3n) is 4.08. The number of aliphatic carboxylic acids is 1. The molecule has 0 spiro atoms. The molecular formula is C18H17F2NO4S. The first kappa shape index (κ1) is 18.5. The predicted octanol–water partition coefficient (Wildman–Crippen LogP) is 3.22. The monoisotopic (exact) mass is 381 g/mol. The lowest BCUT2D eigenvalue weighted by Gasteiger charge is -2.21. The van der Waals surface area contributed by atoms with Crippen molar-refractivity contribution in [1.29, 1.82) is 0 Å². The molecule has 2 heterocycles. The van der Waals surface area contributed by atoms with Gasteiger partial charge in [0.25, 0.3) is 5.91 Å². The molecule has 138 valence electrons. The second-order valence-corrected chi connectivity index (χ2v) is 7.12. The van der Waals surface area contributed by atoms with E-state index >= 15 is 0 Å². The van der Waals surface area contributed by atoms with E-state index in [4.69, 9.17) is 9.84 Å². The first-order valence-electron chi connectivity index (χ1n) is 8.08. The summed E-state index contributed by atoms with van der Waals surface area (Å²) < 4.78 is 31.9. The van der Waals surface area contributed by atoms with Crippen molar-refractivity contribution < 1.29 is 28.2 Å². The van der Waals surface area contributed by atoms with E-state index in [0.29, 0.717) is 23.7 Å². The molecule has 0 bridgehead atoms. The largest absolute Gasteiger partial charge is 0.481 e. The number of hydrogen-bond acceptors (Lipinski definition) is 4. The maximum Gasteiger partial charge on any atom is 0.305 e. The summed E-state index contributed by atoms with van der Waals surface area (Å²) in [5.41, 5.74) is 1.36. The SMILES string of the molecule is O=C(O)CCN(Cc1ccc(F)c(F)c1)C(=O)c1cc2c(s1)CCOC2. The second-order valence-electron chi connectivity index (χ2n) is 5.98. The van der Waals surface area contributed by atoms with Crippen LogP contribution in [0.25, 0.3) is 0 Å². The molecule has 0 radical (unpaired) electrons. The Hall–Kier alpha value is -2.32. The molecule has 0 fully saturated rings. The van der Waals surface area contributed by atoms with Crippen molar-refractivity contribution >= 4 is 23.2 Å². The number of benzene rings is 1. The van der Waals surface area contributed by atoms with Gasteiger partial charge in [-0.2, -0.15) is 0 Å². The van der Waals surface area contributed by atoms with Gasteiger partial charge in [-0.05, 0) is 29.3 Å². The molecule has 5 nitrogen and oxygen atoms in total. The van der Waals surface area contributed by atoms with Gasteiger partial charge in [0.1, 0.15) is 0 Å². The van der Waals surface area contributed by atoms with Crippen LogP contribution >= 0.6 is 11.3 Å². The molecule has 0 saturated carbocycles. The first-order chi connectivity index (χ1) is 12.4. The third-order valence-corrected chi connectivity index (χ3v) is 5.30. The molecule has 0 atom stereocenters. The molecule has 1 amide bonds. The van der Waals surface area contributed by atoms with Gasteiger partial charge in [-0.25, -0.2) is 8.78 Å². The summed E-state index contributed by atoms with van der Waals surface area (Å²) in [6.07, 6.45) is 0.509. The van der Waals surface area contributed by atoms with Crippen molar-refractivity contribution in [2.45, 2.75) is 26.0 Å². The minimum absolute atomic E-state index is 0.00236. The average molecular weight is 381 g/mol. The molecule has 1 N–H and O–H groups in total. The standard InChI is InChI=1S/C18H17F2NO4S/c19-13-2-1-11(7-14(13)20)9-21(5-3-17(22)23)18(24)16-8-12-10-25-6-4-15(12)26-16/h1-2,7-8H,3-6,9-10H2,(H,22,23). The van der Waals surface area contributed by atoms with Crippen LogP contribution in [0.5, 0.6) is 0 Å². The van der Waals surface area contributed by atoms with E-state index in [1.165, 1.54) is 22.3 Å². The van der Waals surface area contributed by atoms with E-state index in [9.17, 15) is 18.4 Å². The Morgan fingerprint density at radius 3 is 2.73 bits per heavy atom. The van der Waals surface area contributed by atoms with E-state index in [0.717, 1.165) is 29.0 Å². The van der Waals surface area contributed by atoms with E-state index in [2.05, 4.69) is 0 Å². The fourth-order valence-electron chi connectivity index (χ4n) is 2.75. The molecule has 3 rings (SSSR count). The highest BCUT2D eigenvalue weighted by atomic mass is 32.1. The number of halogens is 2. The summed E-state index contributed by atoms with van der Waals surface area (Å²) in [5, 5.41) is 8.93. The van der Waals surface area contributed by atoms with Crippen molar-refractivity contribution in [2.75, 3.05) is 13.2 Å². The number of ether oxygens (including phenoxy) is 1. The summed E-state index contributed by atoms with van der Waals surface area (Å²) in [4.78, 5) is 26.7. The van der Waals surface area contributed by atoms with Gasteiger partial charge in [-0.3, -0.25) is 9.59 Å². The van der Waals surface area contributed by atoms with Crippen LogP contribution in [-0.2, 0) is 29.1 Å². The highest BCUT2D eigenvalue weighted by Gasteiger charge is 2.23. The molecular weight excluding hydrogens is 364 g/mol. The molecule has 1 aliphatic heterocycles. The minimum atomic E-state index is -1.04. The van der Waals surface area contributed by atoms with Crippen LogP contribution in [0.15, 0.2) is 24.3 Å². The molecule has 1 aromatic heterocycles. The fraction of sp³-hybridized carbons (Fsp3) is 0.333. The highest BCUT2D eigenvalue weighted by Crippen LogP contribution is 2.28. The number of carbonyl (C=O) groups is 2. The number of hydrogen-bond donors (Lipinski definition) is 1. The number of rotatable bonds is 6.